The number of carbonyl (C=O) groups excluding carboxylic acids is 2. The van der Waals surface area contributed by atoms with Crippen LogP contribution in [0.15, 0.2) is 12.1 Å². The monoisotopic (exact) mass is 234 g/mol. The van der Waals surface area contributed by atoms with Crippen LogP contribution < -0.4 is 0 Å². The van der Waals surface area contributed by atoms with E-state index < -0.39 is 17.9 Å². The molecule has 1 aromatic carbocycles. The Labute approximate surface area is 97.0 Å². The molecule has 1 heterocycles. The number of ether oxygens (including phenoxy) is 1. The van der Waals surface area contributed by atoms with Crippen LogP contribution in [0.2, 0.25) is 0 Å². The number of aryl methyl sites for hydroxylation is 1. The number of esters is 2. The molecular formula is C12H10O5. The predicted octanol–water partition coefficient (Wildman–Crippen LogP) is 1.32. The van der Waals surface area contributed by atoms with Gasteiger partial charge in [-0.1, -0.05) is 6.07 Å². The van der Waals surface area contributed by atoms with Crippen molar-refractivity contribution in [2.24, 2.45) is 0 Å². The maximum atomic E-state index is 11.4. The van der Waals surface area contributed by atoms with E-state index in [4.69, 9.17) is 5.11 Å². The topological polar surface area (TPSA) is 80.7 Å². The molecule has 0 aliphatic carbocycles. The first kappa shape index (κ1) is 11.3. The Balaban J connectivity index is 2.40. The molecule has 1 N–H and O–H groups in total. The molecule has 0 saturated carbocycles. The van der Waals surface area contributed by atoms with Gasteiger partial charge in [0.2, 0.25) is 0 Å². The van der Waals surface area contributed by atoms with Gasteiger partial charge in [-0.3, -0.25) is 4.79 Å². The third-order valence-corrected chi connectivity index (χ3v) is 2.79. The fourth-order valence-electron chi connectivity index (χ4n) is 1.89. The SMILES string of the molecule is Cc1c(CCC(=O)O)ccc2c1C(=O)OC2=O. The quantitative estimate of drug-likeness (QED) is 0.630. The van der Waals surface area contributed by atoms with E-state index in [2.05, 4.69) is 4.74 Å². The van der Waals surface area contributed by atoms with Crippen LogP contribution in [0.3, 0.4) is 0 Å². The molecular weight excluding hydrogens is 224 g/mol. The molecule has 5 nitrogen and oxygen atoms in total. The molecule has 0 fully saturated rings. The maximum Gasteiger partial charge on any atom is 0.347 e. The Morgan fingerprint density at radius 1 is 1.29 bits per heavy atom. The smallest absolute Gasteiger partial charge is 0.347 e. The highest BCUT2D eigenvalue weighted by Gasteiger charge is 2.31. The molecule has 0 aromatic heterocycles. The van der Waals surface area contributed by atoms with Crippen molar-refractivity contribution in [3.05, 3.63) is 34.4 Å². The van der Waals surface area contributed by atoms with Crippen LogP contribution >= 0.6 is 0 Å². The van der Waals surface area contributed by atoms with Crippen molar-refractivity contribution in [3.63, 3.8) is 0 Å². The number of hydrogen-bond donors (Lipinski definition) is 1. The van der Waals surface area contributed by atoms with Crippen molar-refractivity contribution in [3.8, 4) is 0 Å². The van der Waals surface area contributed by atoms with Gasteiger partial charge in [-0.05, 0) is 30.5 Å². The number of cyclic esters (lactones) is 2. The Kier molecular flexibility index (Phi) is 2.67. The summed E-state index contributed by atoms with van der Waals surface area (Å²) in [6.45, 7) is 1.69. The minimum atomic E-state index is -0.899. The highest BCUT2D eigenvalue weighted by atomic mass is 16.6. The summed E-state index contributed by atoms with van der Waals surface area (Å²) < 4.78 is 4.50. The molecule has 17 heavy (non-hydrogen) atoms. The molecule has 88 valence electrons. The number of rotatable bonds is 3. The van der Waals surface area contributed by atoms with Crippen LogP contribution in [0, 0.1) is 6.92 Å². The standard InChI is InChI=1S/C12H10O5/c1-6-7(3-5-9(13)14)2-4-8-10(6)12(16)17-11(8)15/h2,4H,3,5H2,1H3,(H,13,14). The van der Waals surface area contributed by atoms with Crippen molar-refractivity contribution in [1.82, 2.24) is 0 Å². The number of fused-ring (bicyclic) bond motifs is 1. The molecule has 1 aliphatic rings. The Morgan fingerprint density at radius 3 is 2.65 bits per heavy atom. The van der Waals surface area contributed by atoms with Gasteiger partial charge in [0.05, 0.1) is 11.1 Å². The van der Waals surface area contributed by atoms with Crippen LogP contribution in [0.1, 0.15) is 38.3 Å². The number of carbonyl (C=O) groups is 3. The molecule has 1 aromatic rings. The average Bonchev–Trinajstić information content (AvgIpc) is 2.54. The summed E-state index contributed by atoms with van der Waals surface area (Å²) in [4.78, 5) is 33.2. The summed E-state index contributed by atoms with van der Waals surface area (Å²) in [7, 11) is 0. The number of carboxylic acid groups (broad SMARTS) is 1. The van der Waals surface area contributed by atoms with Gasteiger partial charge in [0.1, 0.15) is 0 Å². The van der Waals surface area contributed by atoms with E-state index in [1.807, 2.05) is 0 Å². The summed E-state index contributed by atoms with van der Waals surface area (Å²) in [6, 6.07) is 3.17. The maximum absolute atomic E-state index is 11.4. The predicted molar refractivity (Wildman–Crippen MR) is 56.9 cm³/mol. The van der Waals surface area contributed by atoms with E-state index in [1.54, 1.807) is 13.0 Å². The van der Waals surface area contributed by atoms with Gasteiger partial charge in [-0.15, -0.1) is 0 Å². The first-order chi connectivity index (χ1) is 8.00. The van der Waals surface area contributed by atoms with E-state index in [-0.39, 0.29) is 17.5 Å². The van der Waals surface area contributed by atoms with E-state index in [0.717, 1.165) is 5.56 Å². The van der Waals surface area contributed by atoms with Crippen molar-refractivity contribution in [1.29, 1.82) is 0 Å². The lowest BCUT2D eigenvalue weighted by molar-refractivity contribution is -0.136. The van der Waals surface area contributed by atoms with Gasteiger partial charge in [-0.2, -0.15) is 0 Å². The second kappa shape index (κ2) is 4.01. The minimum absolute atomic E-state index is 0.0113. The highest BCUT2D eigenvalue weighted by Crippen LogP contribution is 2.26. The molecule has 0 spiro atoms. The third-order valence-electron chi connectivity index (χ3n) is 2.79. The molecule has 0 radical (unpaired) electrons. The van der Waals surface area contributed by atoms with Crippen molar-refractivity contribution in [2.75, 3.05) is 0 Å². The Hall–Kier alpha value is -2.17. The average molecular weight is 234 g/mol. The van der Waals surface area contributed by atoms with Crippen molar-refractivity contribution < 1.29 is 24.2 Å². The zero-order valence-electron chi connectivity index (χ0n) is 9.15. The van der Waals surface area contributed by atoms with Gasteiger partial charge >= 0.3 is 17.9 Å². The summed E-state index contributed by atoms with van der Waals surface area (Å²) >= 11 is 0. The zero-order valence-corrected chi connectivity index (χ0v) is 9.15. The molecule has 0 unspecified atom stereocenters. The third kappa shape index (κ3) is 1.91. The summed E-state index contributed by atoms with van der Waals surface area (Å²) in [5.41, 5.74) is 1.89. The fourth-order valence-corrected chi connectivity index (χ4v) is 1.89. The first-order valence-electron chi connectivity index (χ1n) is 5.11. The molecule has 2 rings (SSSR count). The number of carboxylic acids is 1. The number of aliphatic carboxylic acids is 1. The highest BCUT2D eigenvalue weighted by molar-refractivity contribution is 6.15. The lowest BCUT2D eigenvalue weighted by Crippen LogP contribution is -2.03. The molecule has 0 atom stereocenters. The normalized spacial score (nSPS) is 13.5. The Bertz CT molecular complexity index is 530. The van der Waals surface area contributed by atoms with E-state index >= 15 is 0 Å². The van der Waals surface area contributed by atoms with Gasteiger partial charge in [0.15, 0.2) is 0 Å². The summed E-state index contributed by atoms with van der Waals surface area (Å²) in [5, 5.41) is 8.61. The number of benzene rings is 1. The van der Waals surface area contributed by atoms with Crippen LogP contribution in [0.4, 0.5) is 0 Å². The van der Waals surface area contributed by atoms with E-state index in [1.165, 1.54) is 6.07 Å². The second-order valence-electron chi connectivity index (χ2n) is 3.84. The molecule has 0 bridgehead atoms. The second-order valence-corrected chi connectivity index (χ2v) is 3.84. The summed E-state index contributed by atoms with van der Waals surface area (Å²) in [5.74, 6) is -2.19. The van der Waals surface area contributed by atoms with Crippen molar-refractivity contribution in [2.45, 2.75) is 19.8 Å². The van der Waals surface area contributed by atoms with Gasteiger partial charge in [-0.25, -0.2) is 9.59 Å². The first-order valence-corrected chi connectivity index (χ1v) is 5.11. The molecule has 5 heteroatoms. The van der Waals surface area contributed by atoms with Gasteiger partial charge < -0.3 is 9.84 Å². The Morgan fingerprint density at radius 2 is 2.00 bits per heavy atom. The molecule has 0 saturated heterocycles. The fraction of sp³-hybridized carbons (Fsp3) is 0.250. The van der Waals surface area contributed by atoms with Crippen LogP contribution in [-0.2, 0) is 16.0 Å². The summed E-state index contributed by atoms with van der Waals surface area (Å²) in [6.07, 6.45) is 0.318. The van der Waals surface area contributed by atoms with Gasteiger partial charge in [0, 0.05) is 6.42 Å². The minimum Gasteiger partial charge on any atom is -0.481 e. The zero-order chi connectivity index (χ0) is 12.6. The van der Waals surface area contributed by atoms with Crippen LogP contribution in [0.25, 0.3) is 0 Å². The number of hydrogen-bond acceptors (Lipinski definition) is 4. The molecule has 0 amide bonds. The van der Waals surface area contributed by atoms with Crippen LogP contribution in [-0.4, -0.2) is 23.0 Å². The lowest BCUT2D eigenvalue weighted by Gasteiger charge is -2.06. The van der Waals surface area contributed by atoms with Crippen molar-refractivity contribution >= 4 is 17.9 Å². The van der Waals surface area contributed by atoms with E-state index in [0.29, 0.717) is 12.0 Å². The largest absolute Gasteiger partial charge is 0.481 e. The van der Waals surface area contributed by atoms with E-state index in [9.17, 15) is 14.4 Å². The molecule has 1 aliphatic heterocycles. The van der Waals surface area contributed by atoms with Gasteiger partial charge in [0.25, 0.3) is 0 Å². The lowest BCUT2D eigenvalue weighted by atomic mass is 9.96. The van der Waals surface area contributed by atoms with Crippen LogP contribution in [0.5, 0.6) is 0 Å².